The number of rotatable bonds is 4. The molecule has 108 valence electrons. The molecule has 0 radical (unpaired) electrons. The molecule has 19 heavy (non-hydrogen) atoms. The first kappa shape index (κ1) is 15.9. The van der Waals surface area contributed by atoms with E-state index in [2.05, 4.69) is 20.8 Å². The summed E-state index contributed by atoms with van der Waals surface area (Å²) in [6, 6.07) is 5.58. The van der Waals surface area contributed by atoms with Crippen molar-refractivity contribution in [2.24, 2.45) is 5.41 Å². The molecule has 0 fully saturated rings. The molecule has 0 aliphatic heterocycles. The monoisotopic (exact) mass is 273 g/mol. The van der Waals surface area contributed by atoms with Crippen LogP contribution in [0.3, 0.4) is 0 Å². The van der Waals surface area contributed by atoms with Crippen LogP contribution in [0.25, 0.3) is 0 Å². The number of nitrogens with zero attached hydrogens (tertiary/aromatic N) is 1. The summed E-state index contributed by atoms with van der Waals surface area (Å²) in [7, 11) is 0. The van der Waals surface area contributed by atoms with E-state index in [0.717, 1.165) is 25.6 Å². The number of halogens is 3. The second-order valence-corrected chi connectivity index (χ2v) is 6.03. The first-order valence-electron chi connectivity index (χ1n) is 6.56. The Hall–Kier alpha value is -1.19. The van der Waals surface area contributed by atoms with Gasteiger partial charge in [-0.15, -0.1) is 0 Å². The summed E-state index contributed by atoms with van der Waals surface area (Å²) in [4.78, 5) is 2.02. The van der Waals surface area contributed by atoms with Gasteiger partial charge in [-0.05, 0) is 30.0 Å². The Kier molecular flexibility index (Phi) is 4.88. The highest BCUT2D eigenvalue weighted by molar-refractivity contribution is 5.49. The van der Waals surface area contributed by atoms with Crippen molar-refractivity contribution < 1.29 is 13.2 Å². The summed E-state index contributed by atoms with van der Waals surface area (Å²) in [5.41, 5.74) is 0.107. The minimum atomic E-state index is -4.28. The largest absolute Gasteiger partial charge is 0.416 e. The highest BCUT2D eigenvalue weighted by atomic mass is 19.4. The molecule has 0 bridgehead atoms. The van der Waals surface area contributed by atoms with E-state index in [0.29, 0.717) is 5.69 Å². The molecule has 0 unspecified atom stereocenters. The maximum absolute atomic E-state index is 12.7. The summed E-state index contributed by atoms with van der Waals surface area (Å²) in [5, 5.41) is 0. The Labute approximate surface area is 113 Å². The molecule has 0 N–H and O–H groups in total. The molecule has 0 saturated carbocycles. The predicted octanol–water partition coefficient (Wildman–Crippen LogP) is 4.97. The third kappa shape index (κ3) is 5.13. The molecule has 1 rings (SSSR count). The van der Waals surface area contributed by atoms with Crippen LogP contribution in [0, 0.1) is 5.41 Å². The smallest absolute Gasteiger partial charge is 0.371 e. The van der Waals surface area contributed by atoms with E-state index in [1.54, 1.807) is 6.07 Å². The lowest BCUT2D eigenvalue weighted by Gasteiger charge is -2.32. The molecular formula is C15H22F3N. The minimum absolute atomic E-state index is 0.0450. The zero-order chi connectivity index (χ0) is 14.7. The number of benzene rings is 1. The van der Waals surface area contributed by atoms with Crippen LogP contribution in [-0.2, 0) is 6.18 Å². The zero-order valence-electron chi connectivity index (χ0n) is 12.0. The summed E-state index contributed by atoms with van der Waals surface area (Å²) in [5.74, 6) is 0. The van der Waals surface area contributed by atoms with E-state index in [9.17, 15) is 13.2 Å². The highest BCUT2D eigenvalue weighted by Gasteiger charge is 2.31. The Morgan fingerprint density at radius 3 is 2.21 bits per heavy atom. The average Bonchev–Trinajstić information content (AvgIpc) is 2.26. The van der Waals surface area contributed by atoms with Gasteiger partial charge < -0.3 is 4.90 Å². The van der Waals surface area contributed by atoms with E-state index in [1.807, 2.05) is 11.8 Å². The van der Waals surface area contributed by atoms with Gasteiger partial charge in [0.05, 0.1) is 5.56 Å². The van der Waals surface area contributed by atoms with E-state index in [4.69, 9.17) is 0 Å². The average molecular weight is 273 g/mol. The van der Waals surface area contributed by atoms with Crippen LogP contribution in [0.5, 0.6) is 0 Å². The van der Waals surface area contributed by atoms with Gasteiger partial charge in [-0.25, -0.2) is 0 Å². The van der Waals surface area contributed by atoms with Gasteiger partial charge in [-0.3, -0.25) is 0 Å². The SMILES string of the molecule is CCCN(CC(C)(C)C)c1cccc(C(F)(F)F)c1. The summed E-state index contributed by atoms with van der Waals surface area (Å²) in [6.07, 6.45) is -3.37. The van der Waals surface area contributed by atoms with Crippen LogP contribution in [0.1, 0.15) is 39.7 Å². The lowest BCUT2D eigenvalue weighted by Crippen LogP contribution is -2.33. The van der Waals surface area contributed by atoms with Gasteiger partial charge in [0.25, 0.3) is 0 Å². The molecule has 0 aromatic heterocycles. The van der Waals surface area contributed by atoms with Crippen molar-refractivity contribution in [1.29, 1.82) is 0 Å². The fourth-order valence-electron chi connectivity index (χ4n) is 2.02. The molecule has 0 spiro atoms. The fraction of sp³-hybridized carbons (Fsp3) is 0.600. The molecule has 1 aromatic carbocycles. The Bertz CT molecular complexity index is 405. The van der Waals surface area contributed by atoms with E-state index in [1.165, 1.54) is 12.1 Å². The molecule has 0 saturated heterocycles. The topological polar surface area (TPSA) is 3.24 Å². The Morgan fingerprint density at radius 2 is 1.74 bits per heavy atom. The highest BCUT2D eigenvalue weighted by Crippen LogP contribution is 2.32. The van der Waals surface area contributed by atoms with Crippen LogP contribution in [-0.4, -0.2) is 13.1 Å². The molecule has 1 aromatic rings. The molecular weight excluding hydrogens is 251 g/mol. The van der Waals surface area contributed by atoms with Gasteiger partial charge >= 0.3 is 6.18 Å². The van der Waals surface area contributed by atoms with Crippen LogP contribution in [0.15, 0.2) is 24.3 Å². The molecule has 0 aliphatic rings. The van der Waals surface area contributed by atoms with Crippen LogP contribution >= 0.6 is 0 Å². The van der Waals surface area contributed by atoms with Crippen molar-refractivity contribution in [2.45, 2.75) is 40.3 Å². The molecule has 0 amide bonds. The van der Waals surface area contributed by atoms with E-state index < -0.39 is 11.7 Å². The third-order valence-corrected chi connectivity index (χ3v) is 2.70. The van der Waals surface area contributed by atoms with Gasteiger partial charge in [0.2, 0.25) is 0 Å². The first-order chi connectivity index (χ1) is 8.63. The first-order valence-corrected chi connectivity index (χ1v) is 6.56. The summed E-state index contributed by atoms with van der Waals surface area (Å²) >= 11 is 0. The number of hydrogen-bond acceptors (Lipinski definition) is 1. The standard InChI is InChI=1S/C15H22F3N/c1-5-9-19(11-14(2,3)4)13-8-6-7-12(10-13)15(16,17)18/h6-8,10H,5,9,11H2,1-4H3. The zero-order valence-corrected chi connectivity index (χ0v) is 12.0. The van der Waals surface area contributed by atoms with Crippen LogP contribution in [0.4, 0.5) is 18.9 Å². The van der Waals surface area contributed by atoms with Gasteiger partial charge in [-0.1, -0.05) is 33.8 Å². The Balaban J connectivity index is 3.03. The number of anilines is 1. The number of alkyl halides is 3. The maximum atomic E-state index is 12.7. The minimum Gasteiger partial charge on any atom is -0.371 e. The summed E-state index contributed by atoms with van der Waals surface area (Å²) in [6.45, 7) is 9.79. The maximum Gasteiger partial charge on any atom is 0.416 e. The molecule has 0 aliphatic carbocycles. The fourth-order valence-corrected chi connectivity index (χ4v) is 2.02. The van der Waals surface area contributed by atoms with Crippen molar-refractivity contribution >= 4 is 5.69 Å². The van der Waals surface area contributed by atoms with Crippen molar-refractivity contribution in [3.05, 3.63) is 29.8 Å². The van der Waals surface area contributed by atoms with Crippen molar-refractivity contribution in [1.82, 2.24) is 0 Å². The lowest BCUT2D eigenvalue weighted by atomic mass is 9.95. The van der Waals surface area contributed by atoms with E-state index in [-0.39, 0.29) is 5.41 Å². The quantitative estimate of drug-likeness (QED) is 0.748. The number of hydrogen-bond donors (Lipinski definition) is 0. The van der Waals surface area contributed by atoms with Gasteiger partial charge in [0, 0.05) is 18.8 Å². The van der Waals surface area contributed by atoms with Gasteiger partial charge in [-0.2, -0.15) is 13.2 Å². The van der Waals surface area contributed by atoms with E-state index >= 15 is 0 Å². The molecule has 4 heteroatoms. The molecule has 0 atom stereocenters. The van der Waals surface area contributed by atoms with Crippen molar-refractivity contribution in [3.63, 3.8) is 0 Å². The molecule has 0 heterocycles. The normalized spacial score (nSPS) is 12.6. The third-order valence-electron chi connectivity index (χ3n) is 2.70. The predicted molar refractivity (Wildman–Crippen MR) is 73.4 cm³/mol. The Morgan fingerprint density at radius 1 is 1.11 bits per heavy atom. The second kappa shape index (κ2) is 5.85. The van der Waals surface area contributed by atoms with Crippen LogP contribution in [0.2, 0.25) is 0 Å². The van der Waals surface area contributed by atoms with Crippen molar-refractivity contribution in [3.8, 4) is 0 Å². The van der Waals surface area contributed by atoms with Gasteiger partial charge in [0.15, 0.2) is 0 Å². The van der Waals surface area contributed by atoms with Crippen molar-refractivity contribution in [2.75, 3.05) is 18.0 Å². The second-order valence-electron chi connectivity index (χ2n) is 6.03. The molecule has 1 nitrogen and oxygen atoms in total. The summed E-state index contributed by atoms with van der Waals surface area (Å²) < 4.78 is 38.2. The van der Waals surface area contributed by atoms with Gasteiger partial charge in [0.1, 0.15) is 0 Å². The van der Waals surface area contributed by atoms with Crippen LogP contribution < -0.4 is 4.90 Å². The lowest BCUT2D eigenvalue weighted by molar-refractivity contribution is -0.137.